The van der Waals surface area contributed by atoms with Crippen molar-refractivity contribution in [3.05, 3.63) is 29.8 Å². The van der Waals surface area contributed by atoms with Crippen LogP contribution < -0.4 is 10.0 Å². The summed E-state index contributed by atoms with van der Waals surface area (Å²) in [4.78, 5) is 0. The van der Waals surface area contributed by atoms with Gasteiger partial charge in [-0.25, -0.2) is 13.1 Å². The zero-order chi connectivity index (χ0) is 20.5. The van der Waals surface area contributed by atoms with Gasteiger partial charge in [0.05, 0.1) is 4.75 Å². The van der Waals surface area contributed by atoms with Crippen LogP contribution >= 0.6 is 0 Å². The third-order valence-corrected chi connectivity index (χ3v) is 9.31. The van der Waals surface area contributed by atoms with Crippen LogP contribution in [0.25, 0.3) is 0 Å². The number of fused-ring (bicyclic) bond motifs is 3. The van der Waals surface area contributed by atoms with Crippen molar-refractivity contribution in [3.8, 4) is 0 Å². The molecule has 28 heavy (non-hydrogen) atoms. The van der Waals surface area contributed by atoms with Crippen molar-refractivity contribution in [3.63, 3.8) is 0 Å². The van der Waals surface area contributed by atoms with Gasteiger partial charge in [0, 0.05) is 17.8 Å². The van der Waals surface area contributed by atoms with Gasteiger partial charge in [-0.1, -0.05) is 25.5 Å². The summed E-state index contributed by atoms with van der Waals surface area (Å²) in [6.45, 7) is 8.55. The molecule has 3 aliphatic rings. The van der Waals surface area contributed by atoms with E-state index in [9.17, 15) is 8.42 Å². The van der Waals surface area contributed by atoms with E-state index < -0.39 is 14.8 Å². The summed E-state index contributed by atoms with van der Waals surface area (Å²) in [5.74, 6) is 0. The zero-order valence-corrected chi connectivity index (χ0v) is 18.9. The average molecular weight is 407 g/mol. The third-order valence-electron chi connectivity index (χ3n) is 7.00. The monoisotopic (exact) mass is 406 g/mol. The lowest BCUT2D eigenvalue weighted by Crippen LogP contribution is -2.60. The summed E-state index contributed by atoms with van der Waals surface area (Å²) in [6, 6.07) is 8.89. The lowest BCUT2D eigenvalue weighted by Gasteiger charge is -2.54. The number of hydrogen-bond acceptors (Lipinski definition) is 3. The number of hydrogen-bond donors (Lipinski definition) is 2. The number of rotatable bonds is 8. The molecule has 4 nitrogen and oxygen atoms in total. The second-order valence-electron chi connectivity index (χ2n) is 10.2. The molecule has 158 valence electrons. The highest BCUT2D eigenvalue weighted by molar-refractivity contribution is 7.90. The molecule has 0 saturated heterocycles. The molecule has 3 aliphatic carbocycles. The molecule has 0 radical (unpaired) electrons. The van der Waals surface area contributed by atoms with Crippen LogP contribution in [0.15, 0.2) is 24.3 Å². The normalized spacial score (nSPS) is 27.7. The van der Waals surface area contributed by atoms with Gasteiger partial charge in [-0.3, -0.25) is 0 Å². The van der Waals surface area contributed by atoms with E-state index >= 15 is 0 Å². The molecule has 1 aromatic rings. The first-order valence-corrected chi connectivity index (χ1v) is 12.4. The Morgan fingerprint density at radius 1 is 0.964 bits per heavy atom. The van der Waals surface area contributed by atoms with Gasteiger partial charge in [-0.05, 0) is 95.2 Å². The average Bonchev–Trinajstić information content (AvgIpc) is 2.66. The molecule has 5 heteroatoms. The molecule has 1 aromatic carbocycles. The Balaban J connectivity index is 1.55. The molecule has 0 aliphatic heterocycles. The standard InChI is InChI=1S/C23H38N2O2S/c1-5-6-7-19-8-10-20(11-9-19)24-18-22-12-15-23(16-13-22,17-14-22)25-28(26,27)21(2,3)4/h8-11,24-25H,5-7,12-18H2,1-4H3. The minimum absolute atomic E-state index is 0.214. The van der Waals surface area contributed by atoms with E-state index in [-0.39, 0.29) is 5.54 Å². The molecule has 2 N–H and O–H groups in total. The fourth-order valence-corrected chi connectivity index (χ4v) is 5.76. The van der Waals surface area contributed by atoms with Gasteiger partial charge < -0.3 is 5.32 Å². The van der Waals surface area contributed by atoms with Crippen LogP contribution in [0, 0.1) is 5.41 Å². The Morgan fingerprint density at radius 3 is 2.04 bits per heavy atom. The first kappa shape index (κ1) is 21.6. The van der Waals surface area contributed by atoms with Gasteiger partial charge >= 0.3 is 0 Å². The molecule has 0 aromatic heterocycles. The summed E-state index contributed by atoms with van der Waals surface area (Å²) in [5.41, 5.74) is 2.72. The van der Waals surface area contributed by atoms with Crippen LogP contribution in [0.4, 0.5) is 5.69 Å². The zero-order valence-electron chi connectivity index (χ0n) is 18.1. The number of nitrogens with one attached hydrogen (secondary N) is 2. The Morgan fingerprint density at radius 2 is 1.54 bits per heavy atom. The second kappa shape index (κ2) is 7.98. The SMILES string of the molecule is CCCCc1ccc(NCC23CCC(NS(=O)(=O)C(C)(C)C)(CC2)CC3)cc1. The van der Waals surface area contributed by atoms with E-state index in [2.05, 4.69) is 41.2 Å². The lowest BCUT2D eigenvalue weighted by molar-refractivity contribution is 0.0457. The number of anilines is 1. The molecular weight excluding hydrogens is 368 g/mol. The summed E-state index contributed by atoms with van der Waals surface area (Å²) in [6.07, 6.45) is 9.81. The van der Waals surface area contributed by atoms with E-state index in [1.807, 2.05) is 0 Å². The second-order valence-corrected chi connectivity index (χ2v) is 12.6. The highest BCUT2D eigenvalue weighted by Crippen LogP contribution is 2.52. The molecule has 3 fully saturated rings. The Hall–Kier alpha value is -1.07. The van der Waals surface area contributed by atoms with Crippen LogP contribution in [0.3, 0.4) is 0 Å². The van der Waals surface area contributed by atoms with Crippen molar-refractivity contribution >= 4 is 15.7 Å². The summed E-state index contributed by atoms with van der Waals surface area (Å²) >= 11 is 0. The van der Waals surface area contributed by atoms with Crippen molar-refractivity contribution in [1.29, 1.82) is 0 Å². The maximum Gasteiger partial charge on any atom is 0.217 e. The predicted octanol–water partition coefficient (Wildman–Crippen LogP) is 5.25. The van der Waals surface area contributed by atoms with E-state index in [4.69, 9.17) is 0 Å². The third kappa shape index (κ3) is 4.73. The van der Waals surface area contributed by atoms with Gasteiger partial charge in [0.1, 0.15) is 0 Å². The Bertz CT molecular complexity index is 738. The first-order chi connectivity index (χ1) is 13.1. The molecule has 0 unspecified atom stereocenters. The molecule has 3 saturated carbocycles. The van der Waals surface area contributed by atoms with Gasteiger partial charge in [-0.15, -0.1) is 0 Å². The van der Waals surface area contributed by atoms with Crippen molar-refractivity contribution in [1.82, 2.24) is 4.72 Å². The molecular formula is C23H38N2O2S. The molecule has 0 amide bonds. The number of aryl methyl sites for hydroxylation is 1. The van der Waals surface area contributed by atoms with Crippen molar-refractivity contribution in [2.24, 2.45) is 5.41 Å². The van der Waals surface area contributed by atoms with Crippen molar-refractivity contribution in [2.75, 3.05) is 11.9 Å². The van der Waals surface area contributed by atoms with Gasteiger partial charge in [0.15, 0.2) is 0 Å². The minimum Gasteiger partial charge on any atom is -0.384 e. The molecule has 0 heterocycles. The van der Waals surface area contributed by atoms with E-state index in [1.54, 1.807) is 20.8 Å². The van der Waals surface area contributed by atoms with Crippen molar-refractivity contribution < 1.29 is 8.42 Å². The first-order valence-electron chi connectivity index (χ1n) is 11.0. The van der Waals surface area contributed by atoms with Gasteiger partial charge in [0.2, 0.25) is 10.0 Å². The maximum absolute atomic E-state index is 12.7. The largest absolute Gasteiger partial charge is 0.384 e. The highest BCUT2D eigenvalue weighted by atomic mass is 32.2. The number of sulfonamides is 1. The van der Waals surface area contributed by atoms with Crippen LogP contribution in [0.1, 0.15) is 84.6 Å². The predicted molar refractivity (Wildman–Crippen MR) is 118 cm³/mol. The van der Waals surface area contributed by atoms with Gasteiger partial charge in [0.25, 0.3) is 0 Å². The lowest BCUT2D eigenvalue weighted by atomic mass is 9.57. The summed E-state index contributed by atoms with van der Waals surface area (Å²) < 4.78 is 27.7. The van der Waals surface area contributed by atoms with Crippen LogP contribution in [-0.4, -0.2) is 25.2 Å². The van der Waals surface area contributed by atoms with Gasteiger partial charge in [-0.2, -0.15) is 0 Å². The van der Waals surface area contributed by atoms with Crippen LogP contribution in [-0.2, 0) is 16.4 Å². The van der Waals surface area contributed by atoms with E-state index in [0.717, 1.165) is 51.5 Å². The highest BCUT2D eigenvalue weighted by Gasteiger charge is 2.51. The van der Waals surface area contributed by atoms with Crippen LogP contribution in [0.5, 0.6) is 0 Å². The quantitative estimate of drug-likeness (QED) is 0.620. The fourth-order valence-electron chi connectivity index (χ4n) is 4.58. The smallest absolute Gasteiger partial charge is 0.217 e. The Labute approximate surface area is 171 Å². The van der Waals surface area contributed by atoms with Crippen molar-refractivity contribution in [2.45, 2.75) is 95.8 Å². The molecule has 4 rings (SSSR count). The topological polar surface area (TPSA) is 58.2 Å². The van der Waals surface area contributed by atoms with E-state index in [1.165, 1.54) is 24.1 Å². The van der Waals surface area contributed by atoms with E-state index in [0.29, 0.717) is 5.41 Å². The summed E-state index contributed by atoms with van der Waals surface area (Å²) in [5, 5.41) is 3.66. The minimum atomic E-state index is -3.29. The molecule has 2 bridgehead atoms. The number of unbranched alkanes of at least 4 members (excludes halogenated alkanes) is 1. The summed E-state index contributed by atoms with van der Waals surface area (Å²) in [7, 11) is -3.29. The molecule has 0 spiro atoms. The number of benzene rings is 1. The fraction of sp³-hybridized carbons (Fsp3) is 0.739. The van der Waals surface area contributed by atoms with Crippen LogP contribution in [0.2, 0.25) is 0 Å². The molecule has 0 atom stereocenters. The Kier molecular flexibility index (Phi) is 6.17. The maximum atomic E-state index is 12.7.